The molecule has 4 aliphatic rings. The lowest BCUT2D eigenvalue weighted by Gasteiger charge is -2.33. The van der Waals surface area contributed by atoms with E-state index in [-0.39, 0.29) is 5.78 Å². The van der Waals surface area contributed by atoms with Gasteiger partial charge in [-0.05, 0) is 74.2 Å². The molecule has 0 amide bonds. The van der Waals surface area contributed by atoms with Gasteiger partial charge in [0.25, 0.3) is 0 Å². The lowest BCUT2D eigenvalue weighted by molar-refractivity contribution is -0.114. The topological polar surface area (TPSA) is 17.1 Å². The van der Waals surface area contributed by atoms with E-state index >= 15 is 0 Å². The van der Waals surface area contributed by atoms with Gasteiger partial charge in [-0.2, -0.15) is 0 Å². The molecule has 4 aliphatic carbocycles. The summed E-state index contributed by atoms with van der Waals surface area (Å²) in [5, 5.41) is 0. The predicted octanol–water partition coefficient (Wildman–Crippen LogP) is 8.05. The molecule has 31 heavy (non-hydrogen) atoms. The zero-order valence-corrected chi connectivity index (χ0v) is 20.2. The molecule has 3 atom stereocenters. The van der Waals surface area contributed by atoms with Crippen LogP contribution in [-0.4, -0.2) is 10.6 Å². The van der Waals surface area contributed by atoms with E-state index in [1.54, 1.807) is 17.2 Å². The number of alkyl halides is 1. The average molecular weight is 477 g/mol. The van der Waals surface area contributed by atoms with Gasteiger partial charge in [0.1, 0.15) is 0 Å². The van der Waals surface area contributed by atoms with Crippen molar-refractivity contribution in [1.82, 2.24) is 0 Å². The number of carbonyl (C=O) groups is 1. The van der Waals surface area contributed by atoms with Crippen LogP contribution in [0.2, 0.25) is 0 Å². The molecule has 162 valence electrons. The molecule has 1 fully saturated rings. The number of Topliss-reactive ketones (excluding diaryl/α,β-unsaturated/α-hetero) is 1. The molecule has 0 aromatic rings. The van der Waals surface area contributed by atoms with Crippen molar-refractivity contribution in [1.29, 1.82) is 0 Å². The summed E-state index contributed by atoms with van der Waals surface area (Å²) in [4.78, 5) is 14.3. The molecule has 0 heterocycles. The van der Waals surface area contributed by atoms with E-state index in [0.29, 0.717) is 23.1 Å². The molecule has 0 aromatic heterocycles. The Morgan fingerprint density at radius 2 is 2.03 bits per heavy atom. The first kappa shape index (κ1) is 22.3. The molecule has 0 aromatic carbocycles. The lowest BCUT2D eigenvalue weighted by atomic mass is 9.74. The fourth-order valence-corrected chi connectivity index (χ4v) is 6.65. The Balaban J connectivity index is 1.82. The molecule has 1 saturated carbocycles. The quantitative estimate of drug-likeness (QED) is 0.164. The van der Waals surface area contributed by atoms with Gasteiger partial charge in [0.15, 0.2) is 5.78 Å². The normalized spacial score (nSPS) is 29.9. The number of ketones is 1. The highest BCUT2D eigenvalue weighted by Crippen LogP contribution is 2.57. The average Bonchev–Trinajstić information content (AvgIpc) is 3.05. The maximum atomic E-state index is 13.8. The number of carbonyl (C=O) groups excluding carboxylic acids is 1. The monoisotopic (exact) mass is 476 g/mol. The molecule has 0 spiro atoms. The molecule has 4 rings (SSSR count). The van der Waals surface area contributed by atoms with Crippen LogP contribution >= 0.6 is 15.9 Å². The summed E-state index contributed by atoms with van der Waals surface area (Å²) in [6.07, 6.45) is 22.7. The van der Waals surface area contributed by atoms with E-state index in [1.807, 2.05) is 12.2 Å². The Morgan fingerprint density at radius 1 is 1.19 bits per heavy atom. The van der Waals surface area contributed by atoms with E-state index in [4.69, 9.17) is 0 Å². The molecule has 0 bridgehead atoms. The van der Waals surface area contributed by atoms with Gasteiger partial charge in [-0.15, -0.1) is 0 Å². The highest BCUT2D eigenvalue weighted by molar-refractivity contribution is 9.09. The first-order valence-corrected chi connectivity index (χ1v) is 12.6. The minimum absolute atomic E-state index is 0.233. The van der Waals surface area contributed by atoms with Crippen molar-refractivity contribution in [3.63, 3.8) is 0 Å². The second-order valence-corrected chi connectivity index (χ2v) is 10.3. The minimum atomic E-state index is 0.233. The highest BCUT2D eigenvalue weighted by atomic mass is 79.9. The summed E-state index contributed by atoms with van der Waals surface area (Å²) in [5.74, 6) is 1.02. The van der Waals surface area contributed by atoms with Crippen LogP contribution in [0.5, 0.6) is 0 Å². The Labute approximate surface area is 195 Å². The van der Waals surface area contributed by atoms with Crippen LogP contribution < -0.4 is 0 Å². The van der Waals surface area contributed by atoms with E-state index in [2.05, 4.69) is 60.3 Å². The fourth-order valence-electron chi connectivity index (χ4n) is 5.89. The van der Waals surface area contributed by atoms with Gasteiger partial charge in [-0.1, -0.05) is 82.8 Å². The third-order valence-electron chi connectivity index (χ3n) is 7.23. The predicted molar refractivity (Wildman–Crippen MR) is 135 cm³/mol. The summed E-state index contributed by atoms with van der Waals surface area (Å²) < 4.78 is 0. The summed E-state index contributed by atoms with van der Waals surface area (Å²) >= 11 is 3.94. The van der Waals surface area contributed by atoms with Crippen LogP contribution in [0.4, 0.5) is 0 Å². The molecule has 1 nitrogen and oxygen atoms in total. The molecule has 0 radical (unpaired) electrons. The number of rotatable bonds is 6. The smallest absolute Gasteiger partial charge is 0.167 e. The maximum Gasteiger partial charge on any atom is 0.167 e. The zero-order valence-electron chi connectivity index (χ0n) is 18.6. The fraction of sp³-hybridized carbons (Fsp3) is 0.414. The molecule has 0 aliphatic heterocycles. The number of halogens is 1. The van der Waals surface area contributed by atoms with Gasteiger partial charge < -0.3 is 0 Å². The standard InChI is InChI=1S/C29H33BrO/c1-4-5-7-11-19(2)27(26(31)18-21-12-8-6-9-13-21)28-20(3)22-16-17-25(30)23-14-10-15-24(28)29(22)23/h4-5,7-8,11-13,22,24-25H,1,3,6,9-10,14-18H2,2H3/b7-5-,19-11+,28-27+. The second kappa shape index (κ2) is 9.69. The summed E-state index contributed by atoms with van der Waals surface area (Å²) in [6, 6.07) is 0. The zero-order chi connectivity index (χ0) is 22.0. The van der Waals surface area contributed by atoms with E-state index in [9.17, 15) is 4.79 Å². The van der Waals surface area contributed by atoms with Crippen molar-refractivity contribution in [2.75, 3.05) is 0 Å². The molecule has 3 unspecified atom stereocenters. The minimum Gasteiger partial charge on any atom is -0.294 e. The molecular weight excluding hydrogens is 444 g/mol. The Morgan fingerprint density at radius 3 is 2.77 bits per heavy atom. The van der Waals surface area contributed by atoms with Crippen LogP contribution in [0.25, 0.3) is 0 Å². The van der Waals surface area contributed by atoms with Gasteiger partial charge in [0, 0.05) is 28.7 Å². The molecule has 2 heteroatoms. The Hall–Kier alpha value is -1.93. The second-order valence-electron chi connectivity index (χ2n) is 9.17. The molecule has 0 saturated heterocycles. The largest absolute Gasteiger partial charge is 0.294 e. The van der Waals surface area contributed by atoms with Gasteiger partial charge in [-0.3, -0.25) is 4.79 Å². The SMILES string of the molecule is C=C\C=C/C=C(C)/C(C(=O)CC1=CCCC=C1)=C1/C(=C)C2CCC(Br)C3=C2C1CCC3. The Bertz CT molecular complexity index is 978. The van der Waals surface area contributed by atoms with Crippen molar-refractivity contribution in [2.45, 2.75) is 63.1 Å². The summed E-state index contributed by atoms with van der Waals surface area (Å²) in [6.45, 7) is 10.4. The van der Waals surface area contributed by atoms with Crippen molar-refractivity contribution < 1.29 is 4.79 Å². The van der Waals surface area contributed by atoms with E-state index in [1.165, 1.54) is 30.4 Å². The summed E-state index contributed by atoms with van der Waals surface area (Å²) in [7, 11) is 0. The van der Waals surface area contributed by atoms with Crippen molar-refractivity contribution in [3.8, 4) is 0 Å². The van der Waals surface area contributed by atoms with Gasteiger partial charge in [-0.25, -0.2) is 0 Å². The lowest BCUT2D eigenvalue weighted by Crippen LogP contribution is -2.23. The van der Waals surface area contributed by atoms with Crippen LogP contribution in [-0.2, 0) is 4.79 Å². The van der Waals surface area contributed by atoms with Gasteiger partial charge in [0.2, 0.25) is 0 Å². The molecular formula is C29H33BrO. The van der Waals surface area contributed by atoms with Gasteiger partial charge in [0.05, 0.1) is 0 Å². The van der Waals surface area contributed by atoms with Crippen LogP contribution in [0.1, 0.15) is 58.3 Å². The number of allylic oxidation sites excluding steroid dienone is 14. The summed E-state index contributed by atoms with van der Waals surface area (Å²) in [5.41, 5.74) is 8.74. The van der Waals surface area contributed by atoms with E-state index < -0.39 is 0 Å². The third kappa shape index (κ3) is 4.37. The van der Waals surface area contributed by atoms with Crippen LogP contribution in [0.3, 0.4) is 0 Å². The van der Waals surface area contributed by atoms with Crippen LogP contribution in [0, 0.1) is 11.8 Å². The highest BCUT2D eigenvalue weighted by Gasteiger charge is 2.45. The first-order chi connectivity index (χ1) is 15.0. The molecule has 0 N–H and O–H groups in total. The Kier molecular flexibility index (Phi) is 6.96. The third-order valence-corrected chi connectivity index (χ3v) is 8.25. The van der Waals surface area contributed by atoms with Crippen molar-refractivity contribution in [2.24, 2.45) is 11.8 Å². The van der Waals surface area contributed by atoms with E-state index in [0.717, 1.165) is 42.4 Å². The van der Waals surface area contributed by atoms with Gasteiger partial charge >= 0.3 is 0 Å². The van der Waals surface area contributed by atoms with Crippen molar-refractivity contribution >= 4 is 21.7 Å². The van der Waals surface area contributed by atoms with Crippen molar-refractivity contribution in [3.05, 3.63) is 94.7 Å². The number of hydrogen-bond acceptors (Lipinski definition) is 1. The maximum absolute atomic E-state index is 13.8. The number of hydrogen-bond donors (Lipinski definition) is 0. The first-order valence-electron chi connectivity index (χ1n) is 11.7. The van der Waals surface area contributed by atoms with Crippen LogP contribution in [0.15, 0.2) is 94.7 Å².